The number of carbonyl (C=O) groups is 1. The molecule has 2 aromatic heterocycles. The second kappa shape index (κ2) is 7.88. The molecular formula is C24H27F2N5O2. The third kappa shape index (κ3) is 3.81. The summed E-state index contributed by atoms with van der Waals surface area (Å²) < 4.78 is 33.5. The molecule has 4 bridgehead atoms. The Balaban J connectivity index is 1.10. The minimum absolute atomic E-state index is 0.0513. The van der Waals surface area contributed by atoms with Crippen molar-refractivity contribution in [2.75, 3.05) is 6.54 Å². The van der Waals surface area contributed by atoms with E-state index in [1.165, 1.54) is 43.1 Å². The van der Waals surface area contributed by atoms with Gasteiger partial charge in [0.05, 0.1) is 17.6 Å². The van der Waals surface area contributed by atoms with Crippen molar-refractivity contribution in [1.82, 2.24) is 25.0 Å². The van der Waals surface area contributed by atoms with E-state index in [9.17, 15) is 13.6 Å². The molecule has 9 heteroatoms. The van der Waals surface area contributed by atoms with Crippen molar-refractivity contribution in [3.63, 3.8) is 0 Å². The summed E-state index contributed by atoms with van der Waals surface area (Å²) in [6.07, 6.45) is 6.33. The van der Waals surface area contributed by atoms with Crippen LogP contribution >= 0.6 is 0 Å². The molecule has 3 aromatic rings. The van der Waals surface area contributed by atoms with E-state index in [2.05, 4.69) is 20.4 Å². The smallest absolute Gasteiger partial charge is 0.316 e. The van der Waals surface area contributed by atoms with Crippen molar-refractivity contribution in [1.29, 1.82) is 0 Å². The predicted molar refractivity (Wildman–Crippen MR) is 116 cm³/mol. The second-order valence-corrected chi connectivity index (χ2v) is 10.3. The van der Waals surface area contributed by atoms with Gasteiger partial charge >= 0.3 is 11.8 Å². The van der Waals surface area contributed by atoms with Crippen LogP contribution in [0.2, 0.25) is 0 Å². The van der Waals surface area contributed by atoms with E-state index in [0.29, 0.717) is 23.0 Å². The van der Waals surface area contributed by atoms with Crippen molar-refractivity contribution in [2.45, 2.75) is 57.9 Å². The molecule has 0 saturated heterocycles. The van der Waals surface area contributed by atoms with E-state index >= 15 is 0 Å². The molecule has 7 rings (SSSR count). The molecule has 1 N–H and O–H groups in total. The summed E-state index contributed by atoms with van der Waals surface area (Å²) in [7, 11) is 0. The zero-order chi connectivity index (χ0) is 22.6. The van der Waals surface area contributed by atoms with Crippen LogP contribution in [0.15, 0.2) is 28.8 Å². The van der Waals surface area contributed by atoms with E-state index in [1.54, 1.807) is 24.3 Å². The minimum Gasteiger partial charge on any atom is -0.348 e. The van der Waals surface area contributed by atoms with Crippen LogP contribution in [-0.4, -0.2) is 32.1 Å². The maximum Gasteiger partial charge on any atom is 0.316 e. The Kier molecular flexibility index (Phi) is 4.96. The van der Waals surface area contributed by atoms with E-state index < -0.39 is 12.3 Å². The van der Waals surface area contributed by atoms with Gasteiger partial charge in [-0.05, 0) is 80.2 Å². The van der Waals surface area contributed by atoms with Crippen LogP contribution in [0, 0.1) is 23.2 Å². The van der Waals surface area contributed by atoms with E-state index in [-0.39, 0.29) is 24.1 Å². The van der Waals surface area contributed by atoms with Gasteiger partial charge in [-0.25, -0.2) is 13.8 Å². The zero-order valence-electron chi connectivity index (χ0n) is 18.3. The number of nitrogens with one attached hydrogen (secondary N) is 1. The van der Waals surface area contributed by atoms with Crippen LogP contribution in [0.5, 0.6) is 0 Å². The lowest BCUT2D eigenvalue weighted by atomic mass is 9.49. The summed E-state index contributed by atoms with van der Waals surface area (Å²) in [5, 5.41) is 6.77. The molecule has 4 fully saturated rings. The number of amides is 1. The SMILES string of the molecule is O=C(NCCC12CC3CC(CC(C3)C1)C2)c1nc(Cn2c(C(F)F)nc3ccccc32)no1. The Hall–Kier alpha value is -2.84. The number of hydrogen-bond donors (Lipinski definition) is 1. The monoisotopic (exact) mass is 455 g/mol. The number of rotatable bonds is 7. The molecular weight excluding hydrogens is 428 g/mol. The van der Waals surface area contributed by atoms with Crippen molar-refractivity contribution in [3.05, 3.63) is 41.8 Å². The van der Waals surface area contributed by atoms with Gasteiger partial charge in [-0.3, -0.25) is 4.79 Å². The van der Waals surface area contributed by atoms with Gasteiger partial charge in [-0.2, -0.15) is 4.98 Å². The summed E-state index contributed by atoms with van der Waals surface area (Å²) in [5.74, 6) is 1.88. The number of para-hydroxylation sites is 2. The van der Waals surface area contributed by atoms with Crippen LogP contribution in [0.4, 0.5) is 8.78 Å². The fourth-order valence-corrected chi connectivity index (χ4v) is 7.09. The Bertz CT molecular complexity index is 1150. The van der Waals surface area contributed by atoms with Gasteiger partial charge in [0.1, 0.15) is 0 Å². The molecule has 4 aliphatic carbocycles. The largest absolute Gasteiger partial charge is 0.348 e. The Labute approximate surface area is 189 Å². The summed E-state index contributed by atoms with van der Waals surface area (Å²) in [5.41, 5.74) is 1.41. The first-order valence-electron chi connectivity index (χ1n) is 11.8. The van der Waals surface area contributed by atoms with Crippen LogP contribution in [0.3, 0.4) is 0 Å². The number of hydrogen-bond acceptors (Lipinski definition) is 5. The number of imidazole rings is 1. The lowest BCUT2D eigenvalue weighted by molar-refractivity contribution is -0.0564. The first-order chi connectivity index (χ1) is 16.0. The third-order valence-electron chi connectivity index (χ3n) is 7.95. The maximum absolute atomic E-state index is 13.5. The van der Waals surface area contributed by atoms with Gasteiger partial charge in [0, 0.05) is 6.54 Å². The lowest BCUT2D eigenvalue weighted by Gasteiger charge is -2.57. The van der Waals surface area contributed by atoms with Crippen molar-refractivity contribution < 1.29 is 18.1 Å². The van der Waals surface area contributed by atoms with Gasteiger partial charge in [-0.15, -0.1) is 0 Å². The molecule has 0 unspecified atom stereocenters. The van der Waals surface area contributed by atoms with Gasteiger partial charge in [0.15, 0.2) is 11.6 Å². The van der Waals surface area contributed by atoms with E-state index in [1.807, 2.05) is 0 Å². The topological polar surface area (TPSA) is 85.8 Å². The number of nitrogens with zero attached hydrogens (tertiary/aromatic N) is 4. The molecule has 1 aromatic carbocycles. The maximum atomic E-state index is 13.5. The van der Waals surface area contributed by atoms with E-state index in [4.69, 9.17) is 4.52 Å². The quantitative estimate of drug-likeness (QED) is 0.556. The highest BCUT2D eigenvalue weighted by atomic mass is 19.3. The highest BCUT2D eigenvalue weighted by molar-refractivity contribution is 5.89. The molecule has 1 amide bonds. The van der Waals surface area contributed by atoms with Crippen molar-refractivity contribution in [3.8, 4) is 0 Å². The summed E-state index contributed by atoms with van der Waals surface area (Å²) in [4.78, 5) is 20.8. The average Bonchev–Trinajstić information content (AvgIpc) is 3.38. The average molecular weight is 456 g/mol. The highest BCUT2D eigenvalue weighted by Crippen LogP contribution is 2.61. The van der Waals surface area contributed by atoms with Gasteiger partial charge < -0.3 is 14.4 Å². The zero-order valence-corrected chi connectivity index (χ0v) is 18.3. The molecule has 174 valence electrons. The number of aromatic nitrogens is 4. The Morgan fingerprint density at radius 3 is 2.52 bits per heavy atom. The van der Waals surface area contributed by atoms with Gasteiger partial charge in [0.25, 0.3) is 6.43 Å². The fourth-order valence-electron chi connectivity index (χ4n) is 7.09. The van der Waals surface area contributed by atoms with Crippen LogP contribution < -0.4 is 5.32 Å². The van der Waals surface area contributed by atoms with Gasteiger partial charge in [-0.1, -0.05) is 17.3 Å². The van der Waals surface area contributed by atoms with Crippen molar-refractivity contribution >= 4 is 16.9 Å². The molecule has 7 nitrogen and oxygen atoms in total. The molecule has 4 saturated carbocycles. The van der Waals surface area contributed by atoms with Crippen LogP contribution in [0.25, 0.3) is 11.0 Å². The first-order valence-corrected chi connectivity index (χ1v) is 11.8. The van der Waals surface area contributed by atoms with Crippen LogP contribution in [0.1, 0.15) is 73.7 Å². The molecule has 0 aliphatic heterocycles. The lowest BCUT2D eigenvalue weighted by Crippen LogP contribution is -2.47. The minimum atomic E-state index is -2.74. The number of benzene rings is 1. The van der Waals surface area contributed by atoms with Gasteiger partial charge in [0.2, 0.25) is 0 Å². The van der Waals surface area contributed by atoms with Crippen LogP contribution in [-0.2, 0) is 6.54 Å². The molecule has 0 spiro atoms. The number of carbonyl (C=O) groups excluding carboxylic acids is 1. The molecule has 33 heavy (non-hydrogen) atoms. The van der Waals surface area contributed by atoms with Crippen molar-refractivity contribution in [2.24, 2.45) is 23.2 Å². The number of alkyl halides is 2. The third-order valence-corrected chi connectivity index (χ3v) is 7.95. The summed E-state index contributed by atoms with van der Waals surface area (Å²) in [6, 6.07) is 6.90. The predicted octanol–water partition coefficient (Wildman–Crippen LogP) is 4.74. The summed E-state index contributed by atoms with van der Waals surface area (Å²) in [6.45, 7) is 0.536. The normalized spacial score (nSPS) is 28.2. The van der Waals surface area contributed by atoms with E-state index in [0.717, 1.165) is 24.2 Å². The Morgan fingerprint density at radius 2 is 1.82 bits per heavy atom. The Morgan fingerprint density at radius 1 is 1.12 bits per heavy atom. The molecule has 0 radical (unpaired) electrons. The standard InChI is InChI=1S/C24H27F2N5O2/c25-20(26)21-28-17-3-1-2-4-18(17)31(21)13-19-29-23(33-30-19)22(32)27-6-5-24-10-14-7-15(11-24)9-16(8-14)12-24/h1-4,14-16,20H,5-13H2,(H,27,32). The number of fused-ring (bicyclic) bond motifs is 1. The summed E-state index contributed by atoms with van der Waals surface area (Å²) >= 11 is 0. The highest BCUT2D eigenvalue weighted by Gasteiger charge is 2.50. The fraction of sp³-hybridized carbons (Fsp3) is 0.583. The molecule has 0 atom stereocenters. The first kappa shape index (κ1) is 20.7. The molecule has 2 heterocycles. The second-order valence-electron chi connectivity index (χ2n) is 10.3. The number of halogens is 2. The molecule has 4 aliphatic rings.